The molecule has 1 rings (SSSR count). The highest BCUT2D eigenvalue weighted by molar-refractivity contribution is 9.10. The normalized spacial score (nSPS) is 10.4. The van der Waals surface area contributed by atoms with Crippen molar-refractivity contribution in [1.29, 1.82) is 0 Å². The molecule has 100 valence electrons. The van der Waals surface area contributed by atoms with Gasteiger partial charge in [-0.15, -0.1) is 0 Å². The van der Waals surface area contributed by atoms with Crippen LogP contribution in [0.3, 0.4) is 0 Å². The monoisotopic (exact) mass is 314 g/mol. The molecule has 1 aromatic rings. The van der Waals surface area contributed by atoms with Crippen LogP contribution in [-0.2, 0) is 0 Å². The van der Waals surface area contributed by atoms with E-state index in [9.17, 15) is 4.79 Å². The number of carbonyl (C=O) groups is 1. The van der Waals surface area contributed by atoms with Gasteiger partial charge in [-0.2, -0.15) is 0 Å². The van der Waals surface area contributed by atoms with Crippen LogP contribution in [0.15, 0.2) is 22.7 Å². The molecule has 5 heteroatoms. The zero-order chi connectivity index (χ0) is 13.5. The van der Waals surface area contributed by atoms with Gasteiger partial charge in [0.15, 0.2) is 0 Å². The number of aliphatic hydroxyl groups excluding tert-OH is 1. The molecule has 1 amide bonds. The van der Waals surface area contributed by atoms with Crippen molar-refractivity contribution >= 4 is 27.5 Å². The Balaban J connectivity index is 2.60. The van der Waals surface area contributed by atoms with E-state index in [1.54, 1.807) is 30.1 Å². The molecule has 0 unspecified atom stereocenters. The minimum atomic E-state index is -0.0434. The van der Waals surface area contributed by atoms with Gasteiger partial charge < -0.3 is 15.7 Å². The number of aliphatic hydroxyl groups is 1. The third-order valence-corrected chi connectivity index (χ3v) is 3.41. The molecular weight excluding hydrogens is 296 g/mol. The van der Waals surface area contributed by atoms with Gasteiger partial charge in [0.25, 0.3) is 5.91 Å². The van der Waals surface area contributed by atoms with Crippen LogP contribution in [-0.4, -0.2) is 36.1 Å². The van der Waals surface area contributed by atoms with Gasteiger partial charge in [-0.05, 0) is 53.4 Å². The number of benzene rings is 1. The van der Waals surface area contributed by atoms with Crippen LogP contribution in [0, 0.1) is 0 Å². The van der Waals surface area contributed by atoms with Gasteiger partial charge in [0.2, 0.25) is 0 Å². The summed E-state index contributed by atoms with van der Waals surface area (Å²) in [4.78, 5) is 13.8. The lowest BCUT2D eigenvalue weighted by Gasteiger charge is -2.18. The molecule has 0 fully saturated rings. The van der Waals surface area contributed by atoms with Gasteiger partial charge in [0.1, 0.15) is 0 Å². The summed E-state index contributed by atoms with van der Waals surface area (Å²) in [6.07, 6.45) is 2.60. The Morgan fingerprint density at radius 2 is 2.11 bits per heavy atom. The second-order valence-corrected chi connectivity index (χ2v) is 5.10. The molecule has 0 aromatic heterocycles. The molecule has 0 aliphatic carbocycles. The van der Waals surface area contributed by atoms with E-state index in [-0.39, 0.29) is 12.5 Å². The van der Waals surface area contributed by atoms with Crippen LogP contribution in [0.5, 0.6) is 0 Å². The lowest BCUT2D eigenvalue weighted by molar-refractivity contribution is 0.0791. The molecule has 0 aliphatic rings. The Labute approximate surface area is 116 Å². The lowest BCUT2D eigenvalue weighted by Crippen LogP contribution is -2.28. The van der Waals surface area contributed by atoms with Crippen LogP contribution in [0.25, 0.3) is 0 Å². The molecule has 0 atom stereocenters. The van der Waals surface area contributed by atoms with Gasteiger partial charge in [0.05, 0.1) is 5.56 Å². The third kappa shape index (κ3) is 4.31. The Hall–Kier alpha value is -1.07. The standard InChI is InChI=1S/C13H19BrN2O2/c1-16(7-3-2-4-8-17)13(18)11-9-10(15)5-6-12(11)14/h5-6,9,17H,2-4,7-8,15H2,1H3. The van der Waals surface area contributed by atoms with Crippen molar-refractivity contribution in [3.63, 3.8) is 0 Å². The second kappa shape index (κ2) is 7.38. The molecule has 0 saturated carbocycles. The maximum Gasteiger partial charge on any atom is 0.254 e. The van der Waals surface area contributed by atoms with Crippen molar-refractivity contribution in [3.8, 4) is 0 Å². The maximum atomic E-state index is 12.2. The number of nitrogens with zero attached hydrogens (tertiary/aromatic N) is 1. The molecular formula is C13H19BrN2O2. The minimum absolute atomic E-state index is 0.0434. The minimum Gasteiger partial charge on any atom is -0.399 e. The summed E-state index contributed by atoms with van der Waals surface area (Å²) in [5.74, 6) is -0.0434. The Bertz CT molecular complexity index is 410. The van der Waals surface area contributed by atoms with Gasteiger partial charge in [0, 0.05) is 30.4 Å². The second-order valence-electron chi connectivity index (χ2n) is 4.25. The van der Waals surface area contributed by atoms with E-state index in [0.717, 1.165) is 23.7 Å². The summed E-state index contributed by atoms with van der Waals surface area (Å²) in [5.41, 5.74) is 6.85. The number of anilines is 1. The molecule has 1 aromatic carbocycles. The first-order valence-electron chi connectivity index (χ1n) is 5.97. The van der Waals surface area contributed by atoms with Crippen molar-refractivity contribution in [2.75, 3.05) is 25.9 Å². The van der Waals surface area contributed by atoms with Crippen LogP contribution < -0.4 is 5.73 Å². The molecule has 0 radical (unpaired) electrons. The first-order chi connectivity index (χ1) is 8.56. The fourth-order valence-corrected chi connectivity index (χ4v) is 2.07. The van der Waals surface area contributed by atoms with Crippen LogP contribution >= 0.6 is 15.9 Å². The zero-order valence-electron chi connectivity index (χ0n) is 10.5. The molecule has 0 bridgehead atoms. The fraction of sp³-hybridized carbons (Fsp3) is 0.462. The number of nitrogen functional groups attached to an aromatic ring is 1. The molecule has 4 nitrogen and oxygen atoms in total. The number of amides is 1. The van der Waals surface area contributed by atoms with Crippen molar-refractivity contribution in [1.82, 2.24) is 4.90 Å². The maximum absolute atomic E-state index is 12.2. The van der Waals surface area contributed by atoms with E-state index in [4.69, 9.17) is 10.8 Å². The van der Waals surface area contributed by atoms with E-state index in [1.165, 1.54) is 0 Å². The molecule has 3 N–H and O–H groups in total. The van der Waals surface area contributed by atoms with Crippen LogP contribution in [0.1, 0.15) is 29.6 Å². The predicted octanol–water partition coefficient (Wildman–Crippen LogP) is 2.27. The summed E-state index contributed by atoms with van der Waals surface area (Å²) < 4.78 is 0.754. The number of hydrogen-bond donors (Lipinski definition) is 2. The predicted molar refractivity (Wildman–Crippen MR) is 76.5 cm³/mol. The van der Waals surface area contributed by atoms with Crippen molar-refractivity contribution in [3.05, 3.63) is 28.2 Å². The highest BCUT2D eigenvalue weighted by Crippen LogP contribution is 2.21. The van der Waals surface area contributed by atoms with E-state index in [0.29, 0.717) is 17.8 Å². The van der Waals surface area contributed by atoms with Gasteiger partial charge >= 0.3 is 0 Å². The van der Waals surface area contributed by atoms with Gasteiger partial charge in [-0.25, -0.2) is 0 Å². The SMILES string of the molecule is CN(CCCCCO)C(=O)c1cc(N)ccc1Br. The van der Waals surface area contributed by atoms with E-state index in [1.807, 2.05) is 0 Å². The smallest absolute Gasteiger partial charge is 0.254 e. The van der Waals surface area contributed by atoms with E-state index < -0.39 is 0 Å². The first kappa shape index (κ1) is 15.0. The summed E-state index contributed by atoms with van der Waals surface area (Å²) in [6.45, 7) is 0.887. The first-order valence-corrected chi connectivity index (χ1v) is 6.77. The lowest BCUT2D eigenvalue weighted by atomic mass is 10.1. The topological polar surface area (TPSA) is 66.6 Å². The highest BCUT2D eigenvalue weighted by Gasteiger charge is 2.14. The Morgan fingerprint density at radius 3 is 2.78 bits per heavy atom. The fourth-order valence-electron chi connectivity index (χ4n) is 1.65. The molecule has 18 heavy (non-hydrogen) atoms. The van der Waals surface area contributed by atoms with Crippen molar-refractivity contribution in [2.24, 2.45) is 0 Å². The molecule has 0 aliphatic heterocycles. The number of hydrogen-bond acceptors (Lipinski definition) is 3. The molecule has 0 heterocycles. The van der Waals surface area contributed by atoms with E-state index >= 15 is 0 Å². The van der Waals surface area contributed by atoms with Gasteiger partial charge in [-0.1, -0.05) is 0 Å². The van der Waals surface area contributed by atoms with Gasteiger partial charge in [-0.3, -0.25) is 4.79 Å². The van der Waals surface area contributed by atoms with Crippen LogP contribution in [0.4, 0.5) is 5.69 Å². The number of unbranched alkanes of at least 4 members (excludes halogenated alkanes) is 2. The molecule has 0 saturated heterocycles. The quantitative estimate of drug-likeness (QED) is 0.625. The zero-order valence-corrected chi connectivity index (χ0v) is 12.1. The highest BCUT2D eigenvalue weighted by atomic mass is 79.9. The summed E-state index contributed by atoms with van der Waals surface area (Å²) >= 11 is 3.36. The largest absolute Gasteiger partial charge is 0.399 e. The summed E-state index contributed by atoms with van der Waals surface area (Å²) in [6, 6.07) is 5.21. The summed E-state index contributed by atoms with van der Waals surface area (Å²) in [5, 5.41) is 8.68. The average molecular weight is 315 g/mol. The average Bonchev–Trinajstić information content (AvgIpc) is 2.36. The number of rotatable bonds is 6. The van der Waals surface area contributed by atoms with Crippen molar-refractivity contribution in [2.45, 2.75) is 19.3 Å². The molecule has 0 spiro atoms. The summed E-state index contributed by atoms with van der Waals surface area (Å²) in [7, 11) is 1.77. The Kier molecular flexibility index (Phi) is 6.15. The number of halogens is 1. The van der Waals surface area contributed by atoms with E-state index in [2.05, 4.69) is 15.9 Å². The van der Waals surface area contributed by atoms with Crippen LogP contribution in [0.2, 0.25) is 0 Å². The number of nitrogens with two attached hydrogens (primary N) is 1. The van der Waals surface area contributed by atoms with Crippen molar-refractivity contribution < 1.29 is 9.90 Å². The Morgan fingerprint density at radius 1 is 1.39 bits per heavy atom. The number of carbonyl (C=O) groups excluding carboxylic acids is 1. The third-order valence-electron chi connectivity index (χ3n) is 2.72.